The summed E-state index contributed by atoms with van der Waals surface area (Å²) < 4.78 is 32.8. The van der Waals surface area contributed by atoms with E-state index in [1.54, 1.807) is 55.6 Å². The van der Waals surface area contributed by atoms with Gasteiger partial charge < -0.3 is 0 Å². The number of nitrogens with zero attached hydrogens (tertiary/aromatic N) is 5. The number of benzene rings is 4. The molecule has 0 aliphatic carbocycles. The summed E-state index contributed by atoms with van der Waals surface area (Å²) in [7, 11) is 1.58. The standard InChI is InChI=1S/C32H18F2N6O3/c1-35-28-18-8-4-3-7-16(18)12-24(34)27(28)29-22(14-36-39(29)2)17-11-21-25(37-38-30(41)26(21)23(33)13-17)15-40-31(42)19-9-5-6-10-20(19)32(40)43/h3-14H,15H2,2H3,(H,38,41). The number of aromatic nitrogens is 4. The Balaban J connectivity index is 1.41. The molecule has 1 aliphatic heterocycles. The fourth-order valence-electron chi connectivity index (χ4n) is 5.69. The van der Waals surface area contributed by atoms with Crippen LogP contribution in [0.5, 0.6) is 0 Å². The number of fused-ring (bicyclic) bond motifs is 3. The molecule has 0 bridgehead atoms. The Morgan fingerprint density at radius 3 is 2.30 bits per heavy atom. The number of carbonyl (C=O) groups is 2. The summed E-state index contributed by atoms with van der Waals surface area (Å²) in [5.41, 5.74) is 0.587. The van der Waals surface area contributed by atoms with Crippen molar-refractivity contribution in [2.75, 3.05) is 0 Å². The molecule has 7 rings (SSSR count). The van der Waals surface area contributed by atoms with E-state index < -0.39 is 29.0 Å². The molecule has 2 amide bonds. The van der Waals surface area contributed by atoms with Crippen LogP contribution in [0.3, 0.4) is 0 Å². The molecule has 6 aromatic rings. The molecule has 4 aromatic carbocycles. The Kier molecular flexibility index (Phi) is 5.74. The van der Waals surface area contributed by atoms with Crippen molar-refractivity contribution in [3.05, 3.63) is 123 Å². The van der Waals surface area contributed by atoms with Gasteiger partial charge in [0.05, 0.1) is 47.2 Å². The van der Waals surface area contributed by atoms with Gasteiger partial charge >= 0.3 is 0 Å². The topological polar surface area (TPSA) is 105 Å². The number of amides is 2. The third-order valence-corrected chi connectivity index (χ3v) is 7.68. The number of carbonyl (C=O) groups excluding carboxylic acids is 2. The second-order valence-electron chi connectivity index (χ2n) is 10.1. The van der Waals surface area contributed by atoms with Crippen molar-refractivity contribution in [2.24, 2.45) is 7.05 Å². The van der Waals surface area contributed by atoms with E-state index in [1.165, 1.54) is 23.0 Å². The monoisotopic (exact) mass is 572 g/mol. The van der Waals surface area contributed by atoms with Crippen molar-refractivity contribution >= 4 is 39.0 Å². The van der Waals surface area contributed by atoms with Gasteiger partial charge in [0.25, 0.3) is 17.4 Å². The Morgan fingerprint density at radius 1 is 0.884 bits per heavy atom. The van der Waals surface area contributed by atoms with Crippen LogP contribution in [-0.4, -0.2) is 36.7 Å². The van der Waals surface area contributed by atoms with Crippen molar-refractivity contribution in [1.29, 1.82) is 0 Å². The lowest BCUT2D eigenvalue weighted by molar-refractivity contribution is 0.0640. The molecule has 11 heteroatoms. The van der Waals surface area contributed by atoms with Gasteiger partial charge in [0, 0.05) is 23.6 Å². The maximum Gasteiger partial charge on any atom is 0.275 e. The van der Waals surface area contributed by atoms with Gasteiger partial charge in [0.2, 0.25) is 5.69 Å². The molecule has 0 radical (unpaired) electrons. The molecule has 1 aliphatic rings. The van der Waals surface area contributed by atoms with Crippen LogP contribution in [0.1, 0.15) is 26.4 Å². The van der Waals surface area contributed by atoms with E-state index in [0.717, 1.165) is 11.0 Å². The summed E-state index contributed by atoms with van der Waals surface area (Å²) in [6.45, 7) is 7.53. The van der Waals surface area contributed by atoms with E-state index in [4.69, 9.17) is 6.57 Å². The molecule has 208 valence electrons. The molecule has 0 saturated heterocycles. The first-order valence-corrected chi connectivity index (χ1v) is 13.1. The predicted octanol–water partition coefficient (Wildman–Crippen LogP) is 5.77. The first-order valence-electron chi connectivity index (χ1n) is 13.1. The first kappa shape index (κ1) is 25.9. The number of hydrogen-bond acceptors (Lipinski definition) is 5. The SMILES string of the molecule is [C-]#[N+]c1c(-c2c(-c3cc(F)c4c(=O)[nH]nc(CN5C(=O)c6ccccc6C5=O)c4c3)cnn2C)c(F)cc2ccccc12. The normalized spacial score (nSPS) is 12.7. The van der Waals surface area contributed by atoms with Crippen LogP contribution in [-0.2, 0) is 13.6 Å². The highest BCUT2D eigenvalue weighted by Crippen LogP contribution is 2.43. The van der Waals surface area contributed by atoms with E-state index in [9.17, 15) is 14.4 Å². The lowest BCUT2D eigenvalue weighted by Gasteiger charge is -2.16. The number of rotatable bonds is 4. The number of aromatic amines is 1. The van der Waals surface area contributed by atoms with Crippen molar-refractivity contribution in [3.8, 4) is 22.4 Å². The fraction of sp³-hybridized carbons (Fsp3) is 0.0625. The molecule has 3 heterocycles. The van der Waals surface area contributed by atoms with Crippen LogP contribution < -0.4 is 5.56 Å². The van der Waals surface area contributed by atoms with Gasteiger partial charge in [-0.2, -0.15) is 10.2 Å². The highest BCUT2D eigenvalue weighted by molar-refractivity contribution is 6.21. The van der Waals surface area contributed by atoms with Gasteiger partial charge in [-0.25, -0.2) is 18.7 Å². The second kappa shape index (κ2) is 9.53. The molecule has 9 nitrogen and oxygen atoms in total. The number of imide groups is 1. The summed E-state index contributed by atoms with van der Waals surface area (Å²) >= 11 is 0. The molecule has 0 fully saturated rings. The third-order valence-electron chi connectivity index (χ3n) is 7.68. The largest absolute Gasteiger partial charge is 0.275 e. The summed E-state index contributed by atoms with van der Waals surface area (Å²) in [4.78, 5) is 43.4. The van der Waals surface area contributed by atoms with Crippen molar-refractivity contribution < 1.29 is 18.4 Å². The van der Waals surface area contributed by atoms with Gasteiger partial charge in [-0.15, -0.1) is 0 Å². The molecule has 1 N–H and O–H groups in total. The summed E-state index contributed by atoms with van der Waals surface area (Å²) in [5.74, 6) is -2.61. The van der Waals surface area contributed by atoms with Crippen LogP contribution in [0.25, 0.3) is 48.8 Å². The fourth-order valence-corrected chi connectivity index (χ4v) is 5.69. The van der Waals surface area contributed by atoms with Crippen molar-refractivity contribution in [3.63, 3.8) is 0 Å². The van der Waals surface area contributed by atoms with E-state index in [0.29, 0.717) is 16.3 Å². The quantitative estimate of drug-likeness (QED) is 0.213. The summed E-state index contributed by atoms with van der Waals surface area (Å²) in [6, 6.07) is 17.3. The number of aryl methyl sites for hydroxylation is 1. The van der Waals surface area contributed by atoms with Crippen molar-refractivity contribution in [1.82, 2.24) is 24.9 Å². The molecule has 0 spiro atoms. The maximum absolute atomic E-state index is 15.7. The minimum Gasteiger partial charge on any atom is -0.269 e. The predicted molar refractivity (Wildman–Crippen MR) is 154 cm³/mol. The molecule has 43 heavy (non-hydrogen) atoms. The van der Waals surface area contributed by atoms with Gasteiger partial charge in [-0.05, 0) is 46.7 Å². The molecule has 0 atom stereocenters. The average Bonchev–Trinajstić information content (AvgIpc) is 3.50. The van der Waals surface area contributed by atoms with E-state index in [1.807, 2.05) is 0 Å². The first-order chi connectivity index (χ1) is 20.8. The minimum absolute atomic E-state index is 0.000475. The molecule has 0 unspecified atom stereocenters. The lowest BCUT2D eigenvalue weighted by Crippen LogP contribution is -2.30. The smallest absolute Gasteiger partial charge is 0.269 e. The van der Waals surface area contributed by atoms with Crippen LogP contribution in [0.4, 0.5) is 14.5 Å². The zero-order valence-corrected chi connectivity index (χ0v) is 22.4. The molecule has 0 saturated carbocycles. The Bertz CT molecular complexity index is 2260. The molecule has 2 aromatic heterocycles. The Hall–Kier alpha value is -6.02. The van der Waals surface area contributed by atoms with E-state index in [2.05, 4.69) is 20.1 Å². The highest BCUT2D eigenvalue weighted by atomic mass is 19.1. The van der Waals surface area contributed by atoms with E-state index in [-0.39, 0.29) is 56.6 Å². The van der Waals surface area contributed by atoms with Crippen LogP contribution >= 0.6 is 0 Å². The molecular formula is C32H18F2N6O3. The number of H-pyrrole nitrogens is 1. The van der Waals surface area contributed by atoms with Crippen LogP contribution in [0.2, 0.25) is 0 Å². The van der Waals surface area contributed by atoms with Crippen LogP contribution in [0, 0.1) is 18.2 Å². The number of nitrogens with one attached hydrogen (secondary N) is 1. The minimum atomic E-state index is -0.890. The van der Waals surface area contributed by atoms with Gasteiger partial charge in [-0.1, -0.05) is 36.4 Å². The summed E-state index contributed by atoms with van der Waals surface area (Å²) in [6.07, 6.45) is 1.42. The Labute approximate surface area is 241 Å². The van der Waals surface area contributed by atoms with Gasteiger partial charge in [0.1, 0.15) is 11.6 Å². The summed E-state index contributed by atoms with van der Waals surface area (Å²) in [5, 5.41) is 11.5. The third kappa shape index (κ3) is 3.84. The Morgan fingerprint density at radius 2 is 1.58 bits per heavy atom. The number of halogens is 2. The van der Waals surface area contributed by atoms with E-state index >= 15 is 8.78 Å². The zero-order chi connectivity index (χ0) is 30.0. The lowest BCUT2D eigenvalue weighted by atomic mass is 9.95. The zero-order valence-electron chi connectivity index (χ0n) is 22.4. The average molecular weight is 573 g/mol. The molecular weight excluding hydrogens is 554 g/mol. The second-order valence-corrected chi connectivity index (χ2v) is 10.1. The van der Waals surface area contributed by atoms with Crippen LogP contribution in [0.15, 0.2) is 77.7 Å². The van der Waals surface area contributed by atoms with Gasteiger partial charge in [0.15, 0.2) is 0 Å². The van der Waals surface area contributed by atoms with Crippen molar-refractivity contribution in [2.45, 2.75) is 6.54 Å². The van der Waals surface area contributed by atoms with Gasteiger partial charge in [-0.3, -0.25) is 24.0 Å². The maximum atomic E-state index is 15.7. The number of hydrogen-bond donors (Lipinski definition) is 1. The highest BCUT2D eigenvalue weighted by Gasteiger charge is 2.36.